The summed E-state index contributed by atoms with van der Waals surface area (Å²) in [4.78, 5) is 11.8. The maximum absolute atomic E-state index is 11.8. The van der Waals surface area contributed by atoms with Crippen molar-refractivity contribution >= 4 is 5.91 Å². The molecule has 0 spiro atoms. The third kappa shape index (κ3) is 6.70. The maximum atomic E-state index is 11.8. The second-order valence-corrected chi connectivity index (χ2v) is 11.5. The summed E-state index contributed by atoms with van der Waals surface area (Å²) in [6, 6.07) is 32.1. The summed E-state index contributed by atoms with van der Waals surface area (Å²) in [6.07, 6.45) is 8.70. The molecule has 1 aliphatic rings. The standard InChI is InChI=1S/C36H45NO2/c1-5-30-22-24-35(26-30,25-23-31(6-2)28(3)37-29(4)38)27-39-36(32-16-10-7-11-17-32,33-18-12-8-13-19-33)34-20-14-9-15-21-34/h5,7-21,28,30-31H,1,6,22-27H2,2-4H3,(H,37,38)/t28?,30-,31?,35-/m0/s1. The van der Waals surface area contributed by atoms with E-state index < -0.39 is 5.60 Å². The Labute approximate surface area is 235 Å². The summed E-state index contributed by atoms with van der Waals surface area (Å²) in [5.41, 5.74) is 2.77. The van der Waals surface area contributed by atoms with Gasteiger partial charge < -0.3 is 10.1 Å². The number of hydrogen-bond acceptors (Lipinski definition) is 2. The second-order valence-electron chi connectivity index (χ2n) is 11.5. The molecule has 1 amide bonds. The van der Waals surface area contributed by atoms with Crippen molar-refractivity contribution in [2.45, 2.75) is 70.9 Å². The largest absolute Gasteiger partial charge is 0.360 e. The van der Waals surface area contributed by atoms with Gasteiger partial charge in [0.1, 0.15) is 5.60 Å². The Kier molecular flexibility index (Phi) is 9.80. The summed E-state index contributed by atoms with van der Waals surface area (Å²) in [6.45, 7) is 10.8. The molecule has 1 N–H and O–H groups in total. The highest BCUT2D eigenvalue weighted by Crippen LogP contribution is 2.49. The van der Waals surface area contributed by atoms with E-state index in [-0.39, 0.29) is 17.4 Å². The minimum absolute atomic E-state index is 0.0463. The minimum Gasteiger partial charge on any atom is -0.360 e. The van der Waals surface area contributed by atoms with Crippen molar-refractivity contribution in [1.29, 1.82) is 0 Å². The highest BCUT2D eigenvalue weighted by Gasteiger charge is 2.44. The molecule has 206 valence electrons. The summed E-state index contributed by atoms with van der Waals surface area (Å²) in [5, 5.41) is 3.14. The smallest absolute Gasteiger partial charge is 0.217 e. The van der Waals surface area contributed by atoms with E-state index in [9.17, 15) is 4.79 Å². The Hall–Kier alpha value is -3.17. The van der Waals surface area contributed by atoms with Crippen LogP contribution in [0.15, 0.2) is 104 Å². The van der Waals surface area contributed by atoms with Gasteiger partial charge in [-0.2, -0.15) is 0 Å². The molecule has 3 nitrogen and oxygen atoms in total. The van der Waals surface area contributed by atoms with Crippen LogP contribution in [0.4, 0.5) is 0 Å². The number of amides is 1. The molecule has 4 rings (SSSR count). The lowest BCUT2D eigenvalue weighted by Gasteiger charge is -2.40. The van der Waals surface area contributed by atoms with Crippen LogP contribution in [0.3, 0.4) is 0 Å². The Bertz CT molecular complexity index is 1080. The Balaban J connectivity index is 1.70. The first-order valence-electron chi connectivity index (χ1n) is 14.6. The van der Waals surface area contributed by atoms with E-state index >= 15 is 0 Å². The predicted molar refractivity (Wildman–Crippen MR) is 161 cm³/mol. The molecule has 3 aromatic rings. The first-order chi connectivity index (χ1) is 18.9. The van der Waals surface area contributed by atoms with Crippen molar-refractivity contribution in [3.05, 3.63) is 120 Å². The van der Waals surface area contributed by atoms with Crippen LogP contribution in [0.2, 0.25) is 0 Å². The maximum Gasteiger partial charge on any atom is 0.217 e. The molecule has 3 heteroatoms. The molecule has 0 saturated heterocycles. The molecule has 0 radical (unpaired) electrons. The van der Waals surface area contributed by atoms with Crippen LogP contribution < -0.4 is 5.32 Å². The van der Waals surface area contributed by atoms with Crippen LogP contribution in [0.5, 0.6) is 0 Å². The highest BCUT2D eigenvalue weighted by atomic mass is 16.5. The lowest BCUT2D eigenvalue weighted by Crippen LogP contribution is -2.39. The van der Waals surface area contributed by atoms with Gasteiger partial charge in [0, 0.05) is 13.0 Å². The quantitative estimate of drug-likeness (QED) is 0.181. The van der Waals surface area contributed by atoms with E-state index in [0.717, 1.165) is 55.2 Å². The van der Waals surface area contributed by atoms with E-state index in [0.29, 0.717) is 18.4 Å². The van der Waals surface area contributed by atoms with Crippen molar-refractivity contribution in [2.24, 2.45) is 17.3 Å². The fourth-order valence-corrected chi connectivity index (χ4v) is 6.65. The fourth-order valence-electron chi connectivity index (χ4n) is 6.65. The molecule has 39 heavy (non-hydrogen) atoms. The van der Waals surface area contributed by atoms with E-state index in [4.69, 9.17) is 4.74 Å². The average molecular weight is 524 g/mol. The number of ether oxygens (including phenoxy) is 1. The number of allylic oxidation sites excluding steroid dienone is 1. The van der Waals surface area contributed by atoms with Gasteiger partial charge in [0.25, 0.3) is 0 Å². The lowest BCUT2D eigenvalue weighted by atomic mass is 9.76. The van der Waals surface area contributed by atoms with Gasteiger partial charge >= 0.3 is 0 Å². The van der Waals surface area contributed by atoms with Crippen LogP contribution in [-0.4, -0.2) is 18.6 Å². The van der Waals surface area contributed by atoms with E-state index in [1.54, 1.807) is 6.92 Å². The molecule has 0 aromatic heterocycles. The number of nitrogens with one attached hydrogen (secondary N) is 1. The normalized spacial score (nSPS) is 20.7. The molecular weight excluding hydrogens is 478 g/mol. The second kappa shape index (κ2) is 13.3. The van der Waals surface area contributed by atoms with Gasteiger partial charge in [-0.1, -0.05) is 110 Å². The topological polar surface area (TPSA) is 38.3 Å². The van der Waals surface area contributed by atoms with E-state index in [1.165, 1.54) is 0 Å². The molecule has 0 heterocycles. The molecule has 3 aromatic carbocycles. The molecule has 1 aliphatic carbocycles. The van der Waals surface area contributed by atoms with Gasteiger partial charge in [-0.05, 0) is 73.0 Å². The van der Waals surface area contributed by atoms with Crippen LogP contribution in [-0.2, 0) is 15.1 Å². The van der Waals surface area contributed by atoms with Crippen LogP contribution in [0.1, 0.15) is 76.0 Å². The summed E-state index contributed by atoms with van der Waals surface area (Å²) >= 11 is 0. The van der Waals surface area contributed by atoms with E-state index in [2.05, 4.69) is 123 Å². The molecule has 1 saturated carbocycles. The van der Waals surface area contributed by atoms with Crippen LogP contribution in [0.25, 0.3) is 0 Å². The molecule has 2 unspecified atom stereocenters. The van der Waals surface area contributed by atoms with Gasteiger partial charge in [-0.3, -0.25) is 4.79 Å². The molecule has 0 bridgehead atoms. The Morgan fingerprint density at radius 2 is 1.51 bits per heavy atom. The van der Waals surface area contributed by atoms with Gasteiger partial charge in [0.05, 0.1) is 6.61 Å². The van der Waals surface area contributed by atoms with Crippen molar-refractivity contribution in [3.63, 3.8) is 0 Å². The van der Waals surface area contributed by atoms with E-state index in [1.807, 2.05) is 0 Å². The fraction of sp³-hybridized carbons (Fsp3) is 0.417. The molecule has 0 aliphatic heterocycles. The number of rotatable bonds is 13. The van der Waals surface area contributed by atoms with Gasteiger partial charge in [0.15, 0.2) is 0 Å². The number of hydrogen-bond donors (Lipinski definition) is 1. The third-order valence-corrected chi connectivity index (χ3v) is 8.92. The van der Waals surface area contributed by atoms with Gasteiger partial charge in [-0.25, -0.2) is 0 Å². The zero-order valence-corrected chi connectivity index (χ0v) is 23.9. The Morgan fingerprint density at radius 1 is 1.00 bits per heavy atom. The zero-order valence-electron chi connectivity index (χ0n) is 23.9. The van der Waals surface area contributed by atoms with Crippen molar-refractivity contribution < 1.29 is 9.53 Å². The number of carbonyl (C=O) groups excluding carboxylic acids is 1. The van der Waals surface area contributed by atoms with Crippen LogP contribution in [0, 0.1) is 17.3 Å². The number of carbonyl (C=O) groups is 1. The SMILES string of the molecule is C=C[C@H]1CC[C@@](CCC(CC)C(C)NC(C)=O)(COC(c2ccccc2)(c2ccccc2)c2ccccc2)C1. The monoisotopic (exact) mass is 523 g/mol. The van der Waals surface area contributed by atoms with Crippen molar-refractivity contribution in [1.82, 2.24) is 5.32 Å². The molecular formula is C36H45NO2. The third-order valence-electron chi connectivity index (χ3n) is 8.92. The van der Waals surface area contributed by atoms with Crippen molar-refractivity contribution in [3.8, 4) is 0 Å². The summed E-state index contributed by atoms with van der Waals surface area (Å²) in [7, 11) is 0. The first-order valence-corrected chi connectivity index (χ1v) is 14.6. The molecule has 1 fully saturated rings. The highest BCUT2D eigenvalue weighted by molar-refractivity contribution is 5.73. The molecule has 4 atom stereocenters. The van der Waals surface area contributed by atoms with Crippen LogP contribution >= 0.6 is 0 Å². The van der Waals surface area contributed by atoms with Gasteiger partial charge in [0.2, 0.25) is 5.91 Å². The summed E-state index contributed by atoms with van der Waals surface area (Å²) in [5.74, 6) is 1.00. The predicted octanol–water partition coefficient (Wildman–Crippen LogP) is 8.30. The first kappa shape index (κ1) is 28.8. The lowest BCUT2D eigenvalue weighted by molar-refractivity contribution is -0.119. The minimum atomic E-state index is -0.712. The zero-order chi connectivity index (χ0) is 27.7. The van der Waals surface area contributed by atoms with Gasteiger partial charge in [-0.15, -0.1) is 6.58 Å². The average Bonchev–Trinajstić information content (AvgIpc) is 3.39. The summed E-state index contributed by atoms with van der Waals surface area (Å²) < 4.78 is 7.36. The Morgan fingerprint density at radius 3 is 1.92 bits per heavy atom. The number of benzene rings is 3. The van der Waals surface area contributed by atoms with Crippen molar-refractivity contribution in [2.75, 3.05) is 6.61 Å².